The number of nitrogens with zero attached hydrogens (tertiary/aromatic N) is 3. The van der Waals surface area contributed by atoms with E-state index in [2.05, 4.69) is 57.9 Å². The van der Waals surface area contributed by atoms with Gasteiger partial charge in [0, 0.05) is 25.9 Å². The Morgan fingerprint density at radius 1 is 1.13 bits per heavy atom. The number of nitrogens with one attached hydrogen (secondary N) is 2. The van der Waals surface area contributed by atoms with Crippen LogP contribution in [0, 0.1) is 0 Å². The molecular weight excluding hydrogens is 290 g/mol. The quantitative estimate of drug-likeness (QED) is 0.692. The molecule has 0 spiro atoms. The smallest absolute Gasteiger partial charge is 0.244 e. The van der Waals surface area contributed by atoms with Crippen LogP contribution in [-0.4, -0.2) is 35.4 Å². The van der Waals surface area contributed by atoms with Crippen molar-refractivity contribution in [2.45, 2.75) is 33.1 Å². The van der Waals surface area contributed by atoms with Crippen LogP contribution >= 0.6 is 0 Å². The first-order valence-corrected chi connectivity index (χ1v) is 8.08. The monoisotopic (exact) mass is 315 g/mol. The van der Waals surface area contributed by atoms with Crippen LogP contribution in [0.4, 0.5) is 17.5 Å². The lowest BCUT2D eigenvalue weighted by molar-refractivity contribution is 0.197. The van der Waals surface area contributed by atoms with E-state index in [1.807, 2.05) is 0 Å². The summed E-state index contributed by atoms with van der Waals surface area (Å²) in [5.41, 5.74) is 3.68. The molecule has 0 atom stereocenters. The molecule has 0 unspecified atom stereocenters. The van der Waals surface area contributed by atoms with Crippen molar-refractivity contribution in [2.75, 3.05) is 30.9 Å². The van der Waals surface area contributed by atoms with Crippen molar-refractivity contribution in [3.8, 4) is 0 Å². The molecule has 124 valence electrons. The fourth-order valence-corrected chi connectivity index (χ4v) is 2.39. The molecule has 6 nitrogen and oxygen atoms in total. The average molecular weight is 315 g/mol. The number of methoxy groups -OCH3 is 1. The molecular formula is C17H25N5O. The fourth-order valence-electron chi connectivity index (χ4n) is 2.39. The zero-order valence-corrected chi connectivity index (χ0v) is 14.1. The van der Waals surface area contributed by atoms with Gasteiger partial charge in [-0.15, -0.1) is 5.10 Å². The van der Waals surface area contributed by atoms with E-state index in [0.29, 0.717) is 18.4 Å². The summed E-state index contributed by atoms with van der Waals surface area (Å²) in [5, 5.41) is 14.6. The van der Waals surface area contributed by atoms with Crippen LogP contribution in [0.25, 0.3) is 0 Å². The lowest BCUT2D eigenvalue weighted by atomic mass is 10.0. The number of para-hydroxylation sites is 1. The van der Waals surface area contributed by atoms with Gasteiger partial charge in [-0.05, 0) is 30.4 Å². The van der Waals surface area contributed by atoms with Crippen molar-refractivity contribution in [1.82, 2.24) is 15.2 Å². The minimum absolute atomic E-state index is 0.526. The molecule has 2 aromatic rings. The zero-order chi connectivity index (χ0) is 16.5. The molecule has 2 rings (SSSR count). The zero-order valence-electron chi connectivity index (χ0n) is 14.1. The Morgan fingerprint density at radius 3 is 2.52 bits per heavy atom. The van der Waals surface area contributed by atoms with E-state index in [4.69, 9.17) is 4.74 Å². The summed E-state index contributed by atoms with van der Waals surface area (Å²) in [6.45, 7) is 5.77. The topological polar surface area (TPSA) is 72.0 Å². The molecule has 6 heteroatoms. The second kappa shape index (κ2) is 9.05. The van der Waals surface area contributed by atoms with Crippen molar-refractivity contribution in [3.05, 3.63) is 35.5 Å². The van der Waals surface area contributed by atoms with E-state index in [1.54, 1.807) is 13.3 Å². The summed E-state index contributed by atoms with van der Waals surface area (Å²) >= 11 is 0. The van der Waals surface area contributed by atoms with Gasteiger partial charge in [-0.2, -0.15) is 10.1 Å². The molecule has 2 N–H and O–H groups in total. The van der Waals surface area contributed by atoms with E-state index in [9.17, 15) is 0 Å². The Morgan fingerprint density at radius 2 is 1.87 bits per heavy atom. The SMILES string of the molecule is CCc1cccc(CC)c1Nc1cnnc(NCCCOC)n1. The largest absolute Gasteiger partial charge is 0.385 e. The number of anilines is 3. The Labute approximate surface area is 137 Å². The van der Waals surface area contributed by atoms with Crippen LogP contribution in [0.5, 0.6) is 0 Å². The highest BCUT2D eigenvalue weighted by molar-refractivity contribution is 5.65. The van der Waals surface area contributed by atoms with Crippen LogP contribution < -0.4 is 10.6 Å². The van der Waals surface area contributed by atoms with Crippen molar-refractivity contribution in [2.24, 2.45) is 0 Å². The molecule has 1 aromatic carbocycles. The molecule has 0 saturated heterocycles. The molecule has 0 amide bonds. The van der Waals surface area contributed by atoms with Crippen LogP contribution in [0.3, 0.4) is 0 Å². The van der Waals surface area contributed by atoms with Gasteiger partial charge in [0.05, 0.1) is 6.20 Å². The number of aryl methyl sites for hydroxylation is 2. The number of benzene rings is 1. The first-order chi connectivity index (χ1) is 11.3. The van der Waals surface area contributed by atoms with E-state index >= 15 is 0 Å². The summed E-state index contributed by atoms with van der Waals surface area (Å²) in [5.74, 6) is 1.22. The first-order valence-electron chi connectivity index (χ1n) is 8.08. The molecule has 0 bridgehead atoms. The summed E-state index contributed by atoms with van der Waals surface area (Å²) in [6.07, 6.45) is 4.48. The summed E-state index contributed by atoms with van der Waals surface area (Å²) < 4.78 is 5.02. The maximum absolute atomic E-state index is 5.02. The lowest BCUT2D eigenvalue weighted by Gasteiger charge is -2.15. The number of rotatable bonds is 9. The third-order valence-corrected chi connectivity index (χ3v) is 3.62. The summed E-state index contributed by atoms with van der Waals surface area (Å²) in [6, 6.07) is 6.38. The van der Waals surface area contributed by atoms with Gasteiger partial charge in [-0.3, -0.25) is 0 Å². The van der Waals surface area contributed by atoms with E-state index in [0.717, 1.165) is 31.5 Å². The fraction of sp³-hybridized carbons (Fsp3) is 0.471. The highest BCUT2D eigenvalue weighted by atomic mass is 16.5. The molecule has 0 radical (unpaired) electrons. The minimum Gasteiger partial charge on any atom is -0.385 e. The Kier molecular flexibility index (Phi) is 6.75. The number of aromatic nitrogens is 3. The van der Waals surface area contributed by atoms with Gasteiger partial charge in [0.15, 0.2) is 5.82 Å². The maximum Gasteiger partial charge on any atom is 0.244 e. The van der Waals surface area contributed by atoms with Gasteiger partial charge in [0.1, 0.15) is 0 Å². The number of hydrogen-bond donors (Lipinski definition) is 2. The standard InChI is InChI=1S/C17H25N5O/c1-4-13-8-6-9-14(5-2)16(13)20-15-12-19-22-17(21-15)18-10-7-11-23-3/h6,8-9,12H,4-5,7,10-11H2,1-3H3,(H2,18,20,21,22). The normalized spacial score (nSPS) is 10.6. The Balaban J connectivity index is 2.11. The highest BCUT2D eigenvalue weighted by Crippen LogP contribution is 2.25. The lowest BCUT2D eigenvalue weighted by Crippen LogP contribution is -2.10. The van der Waals surface area contributed by atoms with Crippen LogP contribution in [-0.2, 0) is 17.6 Å². The minimum atomic E-state index is 0.526. The molecule has 0 aliphatic heterocycles. The summed E-state index contributed by atoms with van der Waals surface area (Å²) in [4.78, 5) is 4.48. The van der Waals surface area contributed by atoms with Crippen LogP contribution in [0.1, 0.15) is 31.4 Å². The molecule has 0 aliphatic carbocycles. The van der Waals surface area contributed by atoms with Gasteiger partial charge >= 0.3 is 0 Å². The average Bonchev–Trinajstić information content (AvgIpc) is 2.59. The Hall–Kier alpha value is -2.21. The molecule has 0 saturated carbocycles. The molecule has 1 aromatic heterocycles. The predicted octanol–water partition coefficient (Wildman–Crippen LogP) is 3.19. The first kappa shape index (κ1) is 17.1. The molecule has 1 heterocycles. The number of ether oxygens (including phenoxy) is 1. The van der Waals surface area contributed by atoms with Gasteiger partial charge in [-0.25, -0.2) is 0 Å². The molecule has 23 heavy (non-hydrogen) atoms. The third kappa shape index (κ3) is 4.89. The van der Waals surface area contributed by atoms with Crippen molar-refractivity contribution < 1.29 is 4.74 Å². The van der Waals surface area contributed by atoms with Gasteiger partial charge in [0.25, 0.3) is 0 Å². The third-order valence-electron chi connectivity index (χ3n) is 3.62. The predicted molar refractivity (Wildman–Crippen MR) is 93.3 cm³/mol. The second-order valence-corrected chi connectivity index (χ2v) is 5.22. The van der Waals surface area contributed by atoms with Gasteiger partial charge in [-0.1, -0.05) is 32.0 Å². The molecule has 0 aliphatic rings. The van der Waals surface area contributed by atoms with E-state index < -0.39 is 0 Å². The van der Waals surface area contributed by atoms with Crippen molar-refractivity contribution in [3.63, 3.8) is 0 Å². The molecule has 0 fully saturated rings. The van der Waals surface area contributed by atoms with Crippen molar-refractivity contribution >= 4 is 17.5 Å². The highest BCUT2D eigenvalue weighted by Gasteiger charge is 2.08. The van der Waals surface area contributed by atoms with E-state index in [1.165, 1.54) is 11.1 Å². The number of hydrogen-bond acceptors (Lipinski definition) is 6. The van der Waals surface area contributed by atoms with Gasteiger partial charge in [0.2, 0.25) is 5.95 Å². The van der Waals surface area contributed by atoms with E-state index in [-0.39, 0.29) is 0 Å². The van der Waals surface area contributed by atoms with Crippen LogP contribution in [0.15, 0.2) is 24.4 Å². The second-order valence-electron chi connectivity index (χ2n) is 5.22. The Bertz CT molecular complexity index is 595. The van der Waals surface area contributed by atoms with Crippen molar-refractivity contribution in [1.29, 1.82) is 0 Å². The maximum atomic E-state index is 5.02. The summed E-state index contributed by atoms with van der Waals surface area (Å²) in [7, 11) is 1.69. The van der Waals surface area contributed by atoms with Gasteiger partial charge < -0.3 is 15.4 Å². The van der Waals surface area contributed by atoms with Crippen LogP contribution in [0.2, 0.25) is 0 Å².